The Bertz CT molecular complexity index is 522. The average molecular weight is 236 g/mol. The molecule has 2 aromatic rings. The van der Waals surface area contributed by atoms with Crippen molar-refractivity contribution in [2.75, 3.05) is 0 Å². The molecule has 2 rings (SSSR count). The molecule has 5 nitrogen and oxygen atoms in total. The Kier molecular flexibility index (Phi) is 3.04. The number of hydrogen-bond donors (Lipinski definition) is 2. The second-order valence-electron chi connectivity index (χ2n) is 3.32. The van der Waals surface area contributed by atoms with Crippen LogP contribution in [0.15, 0.2) is 30.5 Å². The second-order valence-corrected chi connectivity index (χ2v) is 3.32. The topological polar surface area (TPSA) is 75.2 Å². The summed E-state index contributed by atoms with van der Waals surface area (Å²) in [6, 6.07) is 5.47. The fourth-order valence-electron chi connectivity index (χ4n) is 1.30. The third-order valence-electron chi connectivity index (χ3n) is 2.14. The van der Waals surface area contributed by atoms with Crippen molar-refractivity contribution in [3.8, 4) is 5.75 Å². The molecule has 88 valence electrons. The highest BCUT2D eigenvalue weighted by atomic mass is 19.1. The molecule has 0 atom stereocenters. The van der Waals surface area contributed by atoms with Crippen molar-refractivity contribution in [1.29, 1.82) is 0 Å². The highest BCUT2D eigenvalue weighted by Gasteiger charge is 2.12. The van der Waals surface area contributed by atoms with E-state index in [1.54, 1.807) is 0 Å². The number of nitrogens with one attached hydrogen (secondary N) is 1. The van der Waals surface area contributed by atoms with Crippen LogP contribution in [0.25, 0.3) is 0 Å². The number of aromatic nitrogens is 2. The molecule has 0 aliphatic rings. The molecule has 6 heteroatoms. The molecule has 0 aliphatic carbocycles. The van der Waals surface area contributed by atoms with Gasteiger partial charge in [-0.2, -0.15) is 5.10 Å². The van der Waals surface area contributed by atoms with Gasteiger partial charge in [0.05, 0.1) is 6.20 Å². The standard InChI is InChI=1S/C11H9FN2O3/c12-8-1-3-9(4-2-8)17-6-7-5-13-14-10(7)11(15)16/h1-5H,6H2,(H,13,14)(H,15,16). The molecule has 0 spiro atoms. The summed E-state index contributed by atoms with van der Waals surface area (Å²) in [4.78, 5) is 10.8. The number of rotatable bonds is 4. The number of benzene rings is 1. The number of hydrogen-bond acceptors (Lipinski definition) is 3. The summed E-state index contributed by atoms with van der Waals surface area (Å²) >= 11 is 0. The summed E-state index contributed by atoms with van der Waals surface area (Å²) < 4.78 is 17.9. The minimum absolute atomic E-state index is 0.00730. The Balaban J connectivity index is 2.05. The number of aromatic amines is 1. The van der Waals surface area contributed by atoms with Gasteiger partial charge >= 0.3 is 5.97 Å². The monoisotopic (exact) mass is 236 g/mol. The molecular weight excluding hydrogens is 227 g/mol. The number of nitrogens with zero attached hydrogens (tertiary/aromatic N) is 1. The minimum atomic E-state index is -1.10. The molecule has 0 aliphatic heterocycles. The van der Waals surface area contributed by atoms with E-state index in [9.17, 15) is 9.18 Å². The third kappa shape index (κ3) is 2.60. The average Bonchev–Trinajstić information content (AvgIpc) is 2.76. The fraction of sp³-hybridized carbons (Fsp3) is 0.0909. The predicted molar refractivity (Wildman–Crippen MR) is 56.3 cm³/mol. The lowest BCUT2D eigenvalue weighted by Gasteiger charge is -2.04. The first kappa shape index (κ1) is 11.1. The molecule has 0 fully saturated rings. The SMILES string of the molecule is O=C(O)c1[nH]ncc1COc1ccc(F)cc1. The zero-order valence-corrected chi connectivity index (χ0v) is 8.68. The normalized spacial score (nSPS) is 10.2. The van der Waals surface area contributed by atoms with Gasteiger partial charge in [-0.1, -0.05) is 0 Å². The number of carboxylic acids is 1. The van der Waals surface area contributed by atoms with Crippen molar-refractivity contribution >= 4 is 5.97 Å². The van der Waals surface area contributed by atoms with Crippen LogP contribution < -0.4 is 4.74 Å². The Morgan fingerprint density at radius 3 is 2.76 bits per heavy atom. The molecule has 0 bridgehead atoms. The van der Waals surface area contributed by atoms with Gasteiger partial charge in [-0.25, -0.2) is 9.18 Å². The molecule has 2 N–H and O–H groups in total. The summed E-state index contributed by atoms with van der Waals surface area (Å²) in [7, 11) is 0. The molecule has 0 amide bonds. The maximum Gasteiger partial charge on any atom is 0.354 e. The predicted octanol–water partition coefficient (Wildman–Crippen LogP) is 1.83. The summed E-state index contributed by atoms with van der Waals surface area (Å²) in [6.07, 6.45) is 1.38. The van der Waals surface area contributed by atoms with Crippen LogP contribution in [0.1, 0.15) is 16.1 Å². The van der Waals surface area contributed by atoms with E-state index in [4.69, 9.17) is 9.84 Å². The van der Waals surface area contributed by atoms with Crippen LogP contribution in [0.5, 0.6) is 5.75 Å². The zero-order valence-electron chi connectivity index (χ0n) is 8.68. The van der Waals surface area contributed by atoms with Gasteiger partial charge in [0.1, 0.15) is 23.9 Å². The molecule has 0 unspecified atom stereocenters. The summed E-state index contributed by atoms with van der Waals surface area (Å²) in [5.41, 5.74) is 0.425. The van der Waals surface area contributed by atoms with E-state index in [0.717, 1.165) is 0 Å². The molecule has 0 saturated heterocycles. The van der Waals surface area contributed by atoms with Gasteiger partial charge in [-0.15, -0.1) is 0 Å². The highest BCUT2D eigenvalue weighted by molar-refractivity contribution is 5.86. The van der Waals surface area contributed by atoms with Gasteiger partial charge in [-0.05, 0) is 24.3 Å². The lowest BCUT2D eigenvalue weighted by atomic mass is 10.2. The van der Waals surface area contributed by atoms with Crippen LogP contribution in [0.3, 0.4) is 0 Å². The maximum atomic E-state index is 12.6. The number of halogens is 1. The van der Waals surface area contributed by atoms with Crippen LogP contribution in [0, 0.1) is 5.82 Å². The molecule has 0 radical (unpaired) electrons. The van der Waals surface area contributed by atoms with E-state index in [2.05, 4.69) is 10.2 Å². The van der Waals surface area contributed by atoms with E-state index >= 15 is 0 Å². The van der Waals surface area contributed by atoms with Crippen LogP contribution >= 0.6 is 0 Å². The molecule has 1 aromatic carbocycles. The van der Waals surface area contributed by atoms with Crippen molar-refractivity contribution < 1.29 is 19.0 Å². The van der Waals surface area contributed by atoms with E-state index < -0.39 is 5.97 Å². The minimum Gasteiger partial charge on any atom is -0.489 e. The smallest absolute Gasteiger partial charge is 0.354 e. The summed E-state index contributed by atoms with van der Waals surface area (Å²) in [5, 5.41) is 14.8. The van der Waals surface area contributed by atoms with Crippen molar-refractivity contribution in [1.82, 2.24) is 10.2 Å². The van der Waals surface area contributed by atoms with E-state index in [1.165, 1.54) is 30.5 Å². The Hall–Kier alpha value is -2.37. The van der Waals surface area contributed by atoms with E-state index in [1.807, 2.05) is 0 Å². The number of ether oxygens (including phenoxy) is 1. The fourth-order valence-corrected chi connectivity index (χ4v) is 1.30. The Labute approximate surface area is 95.9 Å². The van der Waals surface area contributed by atoms with Crippen LogP contribution in [-0.2, 0) is 6.61 Å². The first-order valence-electron chi connectivity index (χ1n) is 4.80. The lowest BCUT2D eigenvalue weighted by molar-refractivity contribution is 0.0687. The number of aromatic carboxylic acids is 1. The van der Waals surface area contributed by atoms with Crippen LogP contribution in [0.2, 0.25) is 0 Å². The van der Waals surface area contributed by atoms with E-state index in [0.29, 0.717) is 11.3 Å². The van der Waals surface area contributed by atoms with Crippen LogP contribution in [0.4, 0.5) is 4.39 Å². The Morgan fingerprint density at radius 1 is 1.41 bits per heavy atom. The first-order chi connectivity index (χ1) is 8.16. The van der Waals surface area contributed by atoms with Crippen molar-refractivity contribution in [3.05, 3.63) is 47.5 Å². The first-order valence-corrected chi connectivity index (χ1v) is 4.80. The third-order valence-corrected chi connectivity index (χ3v) is 2.14. The molecular formula is C11H9FN2O3. The van der Waals surface area contributed by atoms with Crippen molar-refractivity contribution in [2.45, 2.75) is 6.61 Å². The zero-order chi connectivity index (χ0) is 12.3. The van der Waals surface area contributed by atoms with Gasteiger partial charge in [0.2, 0.25) is 0 Å². The Morgan fingerprint density at radius 2 is 2.12 bits per heavy atom. The number of carboxylic acid groups (broad SMARTS) is 1. The summed E-state index contributed by atoms with van der Waals surface area (Å²) in [6.45, 7) is 0.0593. The highest BCUT2D eigenvalue weighted by Crippen LogP contribution is 2.14. The number of carbonyl (C=O) groups is 1. The van der Waals surface area contributed by atoms with Gasteiger partial charge in [-0.3, -0.25) is 5.10 Å². The largest absolute Gasteiger partial charge is 0.489 e. The van der Waals surface area contributed by atoms with Crippen molar-refractivity contribution in [3.63, 3.8) is 0 Å². The molecule has 1 heterocycles. The van der Waals surface area contributed by atoms with E-state index in [-0.39, 0.29) is 18.1 Å². The second kappa shape index (κ2) is 4.65. The van der Waals surface area contributed by atoms with Gasteiger partial charge in [0, 0.05) is 5.56 Å². The van der Waals surface area contributed by atoms with Gasteiger partial charge in [0.15, 0.2) is 0 Å². The molecule has 1 aromatic heterocycles. The molecule has 17 heavy (non-hydrogen) atoms. The van der Waals surface area contributed by atoms with Gasteiger partial charge in [0.25, 0.3) is 0 Å². The maximum absolute atomic E-state index is 12.6. The van der Waals surface area contributed by atoms with Gasteiger partial charge < -0.3 is 9.84 Å². The summed E-state index contributed by atoms with van der Waals surface area (Å²) in [5.74, 6) is -0.990. The molecule has 0 saturated carbocycles. The van der Waals surface area contributed by atoms with Crippen LogP contribution in [-0.4, -0.2) is 21.3 Å². The quantitative estimate of drug-likeness (QED) is 0.849. The number of H-pyrrole nitrogens is 1. The van der Waals surface area contributed by atoms with Crippen molar-refractivity contribution in [2.24, 2.45) is 0 Å². The lowest BCUT2D eigenvalue weighted by Crippen LogP contribution is -2.04.